The fourth-order valence-corrected chi connectivity index (χ4v) is 9.16. The largest absolute Gasteiger partial charge is 0.397 e. The lowest BCUT2D eigenvalue weighted by Crippen LogP contribution is -2.53. The molecule has 0 saturated heterocycles. The van der Waals surface area contributed by atoms with Crippen molar-refractivity contribution in [3.63, 3.8) is 0 Å². The highest BCUT2D eigenvalue weighted by atomic mass is 32.3. The molecule has 0 aliphatic heterocycles. The van der Waals surface area contributed by atoms with Crippen LogP contribution in [0.25, 0.3) is 0 Å². The van der Waals surface area contributed by atoms with E-state index in [2.05, 4.69) is 34.6 Å². The molecule has 4 aliphatic rings. The first-order valence-corrected chi connectivity index (χ1v) is 14.6. The third-order valence-electron chi connectivity index (χ3n) is 10.4. The molecule has 5 unspecified atom stereocenters. The third-order valence-corrected chi connectivity index (χ3v) is 10.9. The topological polar surface area (TPSA) is 80.7 Å². The van der Waals surface area contributed by atoms with Crippen LogP contribution >= 0.6 is 0 Å². The van der Waals surface area contributed by atoms with Gasteiger partial charge in [-0.05, 0) is 91.4 Å². The average Bonchev–Trinajstić information content (AvgIpc) is 3.05. The Morgan fingerprint density at radius 3 is 2.45 bits per heavy atom. The minimum atomic E-state index is -4.48. The Labute approximate surface area is 201 Å². The van der Waals surface area contributed by atoms with Gasteiger partial charge in [0.25, 0.3) is 0 Å². The summed E-state index contributed by atoms with van der Waals surface area (Å²) in [5.74, 6) is 3.34. The lowest BCUT2D eigenvalue weighted by Gasteiger charge is -2.57. The first-order chi connectivity index (χ1) is 15.3. The van der Waals surface area contributed by atoms with E-state index in [4.69, 9.17) is 8.74 Å². The Morgan fingerprint density at radius 1 is 1.06 bits per heavy atom. The van der Waals surface area contributed by atoms with E-state index in [1.807, 2.05) is 6.08 Å². The van der Waals surface area contributed by atoms with Gasteiger partial charge >= 0.3 is 10.4 Å². The van der Waals surface area contributed by atoms with Gasteiger partial charge in [0.1, 0.15) is 0 Å². The van der Waals surface area contributed by atoms with Crippen LogP contribution in [0, 0.1) is 46.3 Å². The van der Waals surface area contributed by atoms with Crippen LogP contribution < -0.4 is 0 Å². The molecule has 3 fully saturated rings. The van der Waals surface area contributed by atoms with Crippen LogP contribution in [0.3, 0.4) is 0 Å². The van der Waals surface area contributed by atoms with Crippen LogP contribution in [-0.2, 0) is 19.4 Å². The summed E-state index contributed by atoms with van der Waals surface area (Å²) in [6.45, 7) is 11.8. The van der Waals surface area contributed by atoms with E-state index in [-0.39, 0.29) is 22.5 Å². The molecule has 0 aromatic heterocycles. The summed E-state index contributed by atoms with van der Waals surface area (Å²) in [6.07, 6.45) is 11.7. The second-order valence-electron chi connectivity index (χ2n) is 12.6. The maximum absolute atomic E-state index is 13.5. The van der Waals surface area contributed by atoms with Crippen LogP contribution in [0.1, 0.15) is 98.8 Å². The van der Waals surface area contributed by atoms with Crippen molar-refractivity contribution in [1.82, 2.24) is 0 Å². The molecule has 4 aliphatic carbocycles. The first kappa shape index (κ1) is 25.4. The van der Waals surface area contributed by atoms with Gasteiger partial charge in [-0.2, -0.15) is 8.42 Å². The van der Waals surface area contributed by atoms with Gasteiger partial charge < -0.3 is 0 Å². The van der Waals surface area contributed by atoms with E-state index >= 15 is 0 Å². The molecule has 3 saturated carbocycles. The lowest BCUT2D eigenvalue weighted by molar-refractivity contribution is -0.135. The Balaban J connectivity index is 1.52. The van der Waals surface area contributed by atoms with Gasteiger partial charge in [-0.1, -0.05) is 59.5 Å². The molecule has 33 heavy (non-hydrogen) atoms. The predicted molar refractivity (Wildman–Crippen MR) is 130 cm³/mol. The molecular formula is C27H44O5S. The van der Waals surface area contributed by atoms with E-state index in [1.165, 1.54) is 32.1 Å². The summed E-state index contributed by atoms with van der Waals surface area (Å²) in [7, 11) is -4.48. The molecule has 0 aromatic carbocycles. The summed E-state index contributed by atoms with van der Waals surface area (Å²) >= 11 is 0. The SMILES string of the molecule is CC(C)CCCC(C)[C@H]1CCC2C3C(=O)C=C4CC(OS(=O)(=O)O)CC[C@]4(C)C3CC[C@@]21C. The van der Waals surface area contributed by atoms with Crippen LogP contribution in [0.2, 0.25) is 0 Å². The summed E-state index contributed by atoms with van der Waals surface area (Å²) in [5, 5.41) is 0. The van der Waals surface area contributed by atoms with Crippen LogP contribution in [0.15, 0.2) is 11.6 Å². The maximum Gasteiger partial charge on any atom is 0.397 e. The van der Waals surface area contributed by atoms with E-state index in [1.54, 1.807) is 0 Å². The quantitative estimate of drug-likeness (QED) is 0.427. The highest BCUT2D eigenvalue weighted by Gasteiger charge is 2.61. The number of fused-ring (bicyclic) bond motifs is 5. The van der Waals surface area contributed by atoms with Crippen molar-refractivity contribution < 1.29 is 21.9 Å². The molecule has 8 atom stereocenters. The van der Waals surface area contributed by atoms with Crippen molar-refractivity contribution in [2.45, 2.75) is 105 Å². The number of rotatable bonds is 7. The summed E-state index contributed by atoms with van der Waals surface area (Å²) in [5.41, 5.74) is 1.22. The third kappa shape index (κ3) is 4.73. The Bertz CT molecular complexity index is 892. The fourth-order valence-electron chi connectivity index (χ4n) is 8.65. The second-order valence-corrected chi connectivity index (χ2v) is 13.7. The molecule has 4 rings (SSSR count). The molecule has 5 nitrogen and oxygen atoms in total. The van der Waals surface area contributed by atoms with Gasteiger partial charge in [0.15, 0.2) is 5.78 Å². The molecule has 0 heterocycles. The standard InChI is InChI=1S/C27H44O5S/c1-17(2)7-6-8-18(3)21-9-10-22-25-23(12-14-27(21,22)5)26(4)13-11-20(32-33(29,30)31)15-19(26)16-24(25)28/h16-18,20-23,25H,6-15H2,1-5H3,(H,29,30,31)/t18?,20?,21-,22?,23?,25?,26+,27-/m1/s1. The molecule has 0 amide bonds. The van der Waals surface area contributed by atoms with Crippen molar-refractivity contribution >= 4 is 16.2 Å². The van der Waals surface area contributed by atoms with E-state index in [0.717, 1.165) is 30.8 Å². The lowest BCUT2D eigenvalue weighted by atomic mass is 9.46. The summed E-state index contributed by atoms with van der Waals surface area (Å²) < 4.78 is 36.5. The zero-order valence-corrected chi connectivity index (χ0v) is 22.0. The molecule has 0 aromatic rings. The monoisotopic (exact) mass is 480 g/mol. The van der Waals surface area contributed by atoms with Gasteiger partial charge in [-0.3, -0.25) is 9.35 Å². The van der Waals surface area contributed by atoms with Gasteiger partial charge in [-0.25, -0.2) is 4.18 Å². The smallest absolute Gasteiger partial charge is 0.295 e. The van der Waals surface area contributed by atoms with E-state index in [9.17, 15) is 13.2 Å². The number of ketones is 1. The molecule has 1 N–H and O–H groups in total. The van der Waals surface area contributed by atoms with Crippen molar-refractivity contribution in [2.24, 2.45) is 46.3 Å². The van der Waals surface area contributed by atoms with Crippen molar-refractivity contribution in [1.29, 1.82) is 0 Å². The van der Waals surface area contributed by atoms with E-state index < -0.39 is 16.5 Å². The Morgan fingerprint density at radius 2 is 1.79 bits per heavy atom. The zero-order chi connectivity index (χ0) is 24.2. The number of carbonyl (C=O) groups is 1. The number of carbonyl (C=O) groups excluding carboxylic acids is 1. The Hall–Kier alpha value is -0.720. The minimum absolute atomic E-state index is 0.0695. The van der Waals surface area contributed by atoms with E-state index in [0.29, 0.717) is 36.5 Å². The minimum Gasteiger partial charge on any atom is -0.295 e. The molecule has 0 radical (unpaired) electrons. The highest BCUT2D eigenvalue weighted by Crippen LogP contribution is 2.66. The normalized spacial score (nSPS) is 41.8. The first-order valence-electron chi connectivity index (χ1n) is 13.3. The summed E-state index contributed by atoms with van der Waals surface area (Å²) in [6, 6.07) is 0. The zero-order valence-electron chi connectivity index (χ0n) is 21.2. The predicted octanol–water partition coefficient (Wildman–Crippen LogP) is 6.39. The van der Waals surface area contributed by atoms with Gasteiger partial charge in [0.05, 0.1) is 6.10 Å². The fraction of sp³-hybridized carbons (Fsp3) is 0.889. The second kappa shape index (κ2) is 9.05. The van der Waals surface area contributed by atoms with Crippen molar-refractivity contribution in [3.8, 4) is 0 Å². The number of hydrogen-bond acceptors (Lipinski definition) is 4. The van der Waals surface area contributed by atoms with Crippen LogP contribution in [0.5, 0.6) is 0 Å². The van der Waals surface area contributed by atoms with Gasteiger partial charge in [-0.15, -0.1) is 0 Å². The van der Waals surface area contributed by atoms with Crippen molar-refractivity contribution in [2.75, 3.05) is 0 Å². The van der Waals surface area contributed by atoms with Crippen molar-refractivity contribution in [3.05, 3.63) is 11.6 Å². The van der Waals surface area contributed by atoms with Gasteiger partial charge in [0.2, 0.25) is 0 Å². The maximum atomic E-state index is 13.5. The number of allylic oxidation sites excluding steroid dienone is 1. The van der Waals surface area contributed by atoms with Gasteiger partial charge in [0, 0.05) is 5.92 Å². The van der Waals surface area contributed by atoms with Crippen LogP contribution in [-0.4, -0.2) is 24.9 Å². The Kier molecular flexibility index (Phi) is 6.96. The molecule has 188 valence electrons. The summed E-state index contributed by atoms with van der Waals surface area (Å²) in [4.78, 5) is 13.5. The molecule has 6 heteroatoms. The van der Waals surface area contributed by atoms with Crippen LogP contribution in [0.4, 0.5) is 0 Å². The average molecular weight is 481 g/mol. The number of hydrogen-bond donors (Lipinski definition) is 1. The molecule has 0 spiro atoms. The molecular weight excluding hydrogens is 436 g/mol. The molecule has 0 bridgehead atoms. The highest BCUT2D eigenvalue weighted by molar-refractivity contribution is 7.80.